The van der Waals surface area contributed by atoms with Gasteiger partial charge in [-0.2, -0.15) is 0 Å². The predicted octanol–water partition coefficient (Wildman–Crippen LogP) is 4.85. The summed E-state index contributed by atoms with van der Waals surface area (Å²) >= 11 is 0. The van der Waals surface area contributed by atoms with Gasteiger partial charge in [-0.3, -0.25) is 4.79 Å². The van der Waals surface area contributed by atoms with Gasteiger partial charge in [-0.1, -0.05) is 37.1 Å². The number of ether oxygens (including phenoxy) is 2. The van der Waals surface area contributed by atoms with E-state index in [1.807, 2.05) is 54.6 Å². The Morgan fingerprint density at radius 3 is 2.54 bits per heavy atom. The van der Waals surface area contributed by atoms with Gasteiger partial charge in [0.2, 0.25) is 0 Å². The highest BCUT2D eigenvalue weighted by atomic mass is 16.5. The number of carbonyl (C=O) groups excluding carboxylic acids is 1. The van der Waals surface area contributed by atoms with Crippen molar-refractivity contribution in [2.45, 2.75) is 25.7 Å². The van der Waals surface area contributed by atoms with Crippen LogP contribution in [0.4, 0.5) is 0 Å². The van der Waals surface area contributed by atoms with Crippen LogP contribution in [0.3, 0.4) is 0 Å². The summed E-state index contributed by atoms with van der Waals surface area (Å²) in [4.78, 5) is 14.8. The van der Waals surface area contributed by atoms with Crippen molar-refractivity contribution in [2.24, 2.45) is 0 Å². The highest BCUT2D eigenvalue weighted by Crippen LogP contribution is 2.27. The van der Waals surface area contributed by atoms with Crippen LogP contribution in [0.2, 0.25) is 0 Å². The molecule has 0 N–H and O–H groups in total. The van der Waals surface area contributed by atoms with E-state index in [0.29, 0.717) is 23.5 Å². The second kappa shape index (κ2) is 10.1. The van der Waals surface area contributed by atoms with Gasteiger partial charge in [0.25, 0.3) is 0 Å². The molecule has 0 radical (unpaired) electrons. The summed E-state index contributed by atoms with van der Waals surface area (Å²) in [6.07, 6.45) is 6.65. The summed E-state index contributed by atoms with van der Waals surface area (Å²) in [7, 11) is 4.22. The lowest BCUT2D eigenvalue weighted by molar-refractivity contribution is 0.100. The van der Waals surface area contributed by atoms with Crippen molar-refractivity contribution in [2.75, 3.05) is 33.9 Å². The fourth-order valence-corrected chi connectivity index (χ4v) is 3.22. The molecular formula is C24H29NO3. The Morgan fingerprint density at radius 1 is 1.00 bits per heavy atom. The Bertz CT molecular complexity index is 809. The molecule has 0 spiro atoms. The van der Waals surface area contributed by atoms with E-state index < -0.39 is 0 Å². The molecule has 1 heterocycles. The molecule has 0 fully saturated rings. The van der Waals surface area contributed by atoms with Crippen LogP contribution in [0.15, 0.2) is 54.1 Å². The highest BCUT2D eigenvalue weighted by Gasteiger charge is 2.22. The summed E-state index contributed by atoms with van der Waals surface area (Å²) in [5.74, 6) is 1.57. The van der Waals surface area contributed by atoms with Crippen molar-refractivity contribution in [3.63, 3.8) is 0 Å². The highest BCUT2D eigenvalue weighted by molar-refractivity contribution is 6.14. The van der Waals surface area contributed by atoms with Crippen LogP contribution >= 0.6 is 0 Å². The smallest absolute Gasteiger partial charge is 0.196 e. The van der Waals surface area contributed by atoms with Crippen molar-refractivity contribution in [1.82, 2.24) is 4.90 Å². The molecule has 1 aliphatic heterocycles. The summed E-state index contributed by atoms with van der Waals surface area (Å²) in [5.41, 5.74) is 2.28. The topological polar surface area (TPSA) is 38.8 Å². The monoisotopic (exact) mass is 379 g/mol. The van der Waals surface area contributed by atoms with Crippen molar-refractivity contribution in [3.8, 4) is 11.5 Å². The Kier molecular flexibility index (Phi) is 7.26. The van der Waals surface area contributed by atoms with Gasteiger partial charge in [-0.05, 0) is 69.4 Å². The molecule has 0 atom stereocenters. The molecule has 2 aromatic rings. The fourth-order valence-electron chi connectivity index (χ4n) is 3.22. The zero-order valence-electron chi connectivity index (χ0n) is 16.8. The largest absolute Gasteiger partial charge is 0.494 e. The maximum absolute atomic E-state index is 12.6. The number of para-hydroxylation sites is 1. The van der Waals surface area contributed by atoms with Crippen molar-refractivity contribution in [3.05, 3.63) is 65.2 Å². The van der Waals surface area contributed by atoms with E-state index in [1.54, 1.807) is 0 Å². The predicted molar refractivity (Wildman–Crippen MR) is 113 cm³/mol. The lowest BCUT2D eigenvalue weighted by Gasteiger charge is -2.18. The summed E-state index contributed by atoms with van der Waals surface area (Å²) < 4.78 is 11.5. The van der Waals surface area contributed by atoms with E-state index in [1.165, 1.54) is 19.3 Å². The number of carbonyl (C=O) groups is 1. The number of nitrogens with zero attached hydrogens (tertiary/aromatic N) is 1. The molecule has 0 saturated heterocycles. The minimum Gasteiger partial charge on any atom is -0.494 e. The van der Waals surface area contributed by atoms with E-state index in [4.69, 9.17) is 9.47 Å². The maximum Gasteiger partial charge on any atom is 0.196 e. The van der Waals surface area contributed by atoms with Crippen molar-refractivity contribution < 1.29 is 14.3 Å². The first-order valence-corrected chi connectivity index (χ1v) is 9.98. The zero-order chi connectivity index (χ0) is 19.8. The van der Waals surface area contributed by atoms with Gasteiger partial charge >= 0.3 is 0 Å². The molecule has 0 saturated carbocycles. The van der Waals surface area contributed by atoms with Gasteiger partial charge in [0.05, 0.1) is 12.2 Å². The van der Waals surface area contributed by atoms with E-state index in [0.717, 1.165) is 30.9 Å². The van der Waals surface area contributed by atoms with Gasteiger partial charge in [0.15, 0.2) is 5.78 Å². The Labute approximate surface area is 167 Å². The number of Topliss-reactive ketones (excluding diaryl/α,β-unsaturated/α-hetero) is 1. The third-order valence-electron chi connectivity index (χ3n) is 4.80. The van der Waals surface area contributed by atoms with Gasteiger partial charge < -0.3 is 14.4 Å². The van der Waals surface area contributed by atoms with Crippen molar-refractivity contribution in [1.29, 1.82) is 0 Å². The normalized spacial score (nSPS) is 14.8. The number of hydrogen-bond donors (Lipinski definition) is 0. The lowest BCUT2D eigenvalue weighted by Crippen LogP contribution is -2.18. The number of fused-ring (bicyclic) bond motifs is 1. The average Bonchev–Trinajstić information content (AvgIpc) is 2.70. The SMILES string of the molecule is CN(C)CCCCCCOc1ccc(/C=C2\COc3ccccc3C2=O)cc1. The van der Waals surface area contributed by atoms with Crippen LogP contribution in [0.25, 0.3) is 6.08 Å². The number of rotatable bonds is 9. The maximum atomic E-state index is 12.6. The third-order valence-corrected chi connectivity index (χ3v) is 4.80. The molecule has 2 aromatic carbocycles. The zero-order valence-corrected chi connectivity index (χ0v) is 16.8. The molecule has 1 aliphatic rings. The fraction of sp³-hybridized carbons (Fsp3) is 0.375. The lowest BCUT2D eigenvalue weighted by atomic mass is 9.98. The van der Waals surface area contributed by atoms with E-state index in [9.17, 15) is 4.79 Å². The van der Waals surface area contributed by atoms with Gasteiger partial charge in [0, 0.05) is 5.57 Å². The second-order valence-electron chi connectivity index (χ2n) is 7.42. The van der Waals surface area contributed by atoms with Crippen LogP contribution in [-0.2, 0) is 0 Å². The minimum atomic E-state index is 0.0384. The molecular weight excluding hydrogens is 350 g/mol. The molecule has 0 aromatic heterocycles. The minimum absolute atomic E-state index is 0.0384. The van der Waals surface area contributed by atoms with Crippen LogP contribution < -0.4 is 9.47 Å². The molecule has 0 amide bonds. The van der Waals surface area contributed by atoms with Crippen LogP contribution in [0.5, 0.6) is 11.5 Å². The van der Waals surface area contributed by atoms with Crippen molar-refractivity contribution >= 4 is 11.9 Å². The first-order chi connectivity index (χ1) is 13.6. The van der Waals surface area contributed by atoms with Gasteiger partial charge in [0.1, 0.15) is 18.1 Å². The number of benzene rings is 2. The Hall–Kier alpha value is -2.59. The molecule has 4 heteroatoms. The Balaban J connectivity index is 1.47. The third kappa shape index (κ3) is 5.70. The Morgan fingerprint density at radius 2 is 1.75 bits per heavy atom. The number of unbranched alkanes of at least 4 members (excludes halogenated alkanes) is 3. The number of ketones is 1. The first kappa shape index (κ1) is 20.2. The summed E-state index contributed by atoms with van der Waals surface area (Å²) in [6, 6.07) is 15.3. The molecule has 28 heavy (non-hydrogen) atoms. The first-order valence-electron chi connectivity index (χ1n) is 9.98. The average molecular weight is 380 g/mol. The molecule has 0 bridgehead atoms. The van der Waals surface area contributed by atoms with Crippen LogP contribution in [0.1, 0.15) is 41.6 Å². The quantitative estimate of drug-likeness (QED) is 0.461. The van der Waals surface area contributed by atoms with Crippen LogP contribution in [-0.4, -0.2) is 44.5 Å². The van der Waals surface area contributed by atoms with E-state index >= 15 is 0 Å². The molecule has 148 valence electrons. The van der Waals surface area contributed by atoms with E-state index in [-0.39, 0.29) is 5.78 Å². The van der Waals surface area contributed by atoms with E-state index in [2.05, 4.69) is 19.0 Å². The van der Waals surface area contributed by atoms with Gasteiger partial charge in [-0.25, -0.2) is 0 Å². The summed E-state index contributed by atoms with van der Waals surface area (Å²) in [6.45, 7) is 2.20. The van der Waals surface area contributed by atoms with Gasteiger partial charge in [-0.15, -0.1) is 0 Å². The molecule has 0 unspecified atom stereocenters. The standard InChI is InChI=1S/C24H29NO3/c1-25(2)15-7-3-4-8-16-27-21-13-11-19(12-14-21)17-20-18-28-23-10-6-5-9-22(23)24(20)26/h5-6,9-14,17H,3-4,7-8,15-16,18H2,1-2H3/b20-17+. The van der Waals surface area contributed by atoms with Crippen LogP contribution in [0, 0.1) is 0 Å². The molecule has 0 aliphatic carbocycles. The molecule has 3 rings (SSSR count). The summed E-state index contributed by atoms with van der Waals surface area (Å²) in [5, 5.41) is 0. The number of hydrogen-bond acceptors (Lipinski definition) is 4. The molecule has 4 nitrogen and oxygen atoms in total. The second-order valence-corrected chi connectivity index (χ2v) is 7.42.